The van der Waals surface area contributed by atoms with Crippen LogP contribution in [0.4, 0.5) is 0 Å². The number of hydrogen-bond acceptors (Lipinski definition) is 2. The highest BCUT2D eigenvalue weighted by molar-refractivity contribution is 8.00. The van der Waals surface area contributed by atoms with E-state index in [1.54, 1.807) is 0 Å². The maximum absolute atomic E-state index is 10.4. The van der Waals surface area contributed by atoms with Crippen LogP contribution in [0.5, 0.6) is 0 Å². The van der Waals surface area contributed by atoms with E-state index in [4.69, 9.17) is 0 Å². The van der Waals surface area contributed by atoms with Crippen LogP contribution in [0, 0.1) is 29.6 Å². The number of aliphatic hydroxyl groups excluding tert-OH is 1. The Hall–Kier alpha value is -0.730. The van der Waals surface area contributed by atoms with E-state index < -0.39 is 0 Å². The molecule has 5 unspecified atom stereocenters. The van der Waals surface area contributed by atoms with Crippen LogP contribution in [0.1, 0.15) is 0 Å². The van der Waals surface area contributed by atoms with Gasteiger partial charge >= 0.3 is 0 Å². The predicted octanol–water partition coefficient (Wildman–Crippen LogP) is 2.57. The molecular formula is C15H14OS. The Labute approximate surface area is 105 Å². The minimum absolute atomic E-state index is 0.0986. The van der Waals surface area contributed by atoms with E-state index in [0.717, 1.165) is 23.7 Å². The third kappa shape index (κ3) is 0.880. The molecule has 2 heteroatoms. The first-order valence-corrected chi connectivity index (χ1v) is 7.26. The van der Waals surface area contributed by atoms with Crippen LogP contribution in [-0.2, 0) is 0 Å². The lowest BCUT2D eigenvalue weighted by molar-refractivity contribution is 0.169. The molecule has 5 aliphatic rings. The standard InChI is InChI=1S/C15H14OS/c16-10-7-6-9-11-12-13(11)14(12)15(9,10)17-8-4-2-1-3-5-8/h1-7,9-14,16H. The molecule has 5 atom stereocenters. The van der Waals surface area contributed by atoms with Crippen molar-refractivity contribution in [3.05, 3.63) is 42.5 Å². The number of hydrogen-bond donors (Lipinski definition) is 1. The first-order valence-electron chi connectivity index (χ1n) is 6.44. The minimum atomic E-state index is -0.234. The zero-order valence-electron chi connectivity index (χ0n) is 9.36. The van der Waals surface area contributed by atoms with E-state index in [1.807, 2.05) is 17.8 Å². The Morgan fingerprint density at radius 1 is 1.00 bits per heavy atom. The largest absolute Gasteiger partial charge is 0.388 e. The molecule has 2 bridgehead atoms. The van der Waals surface area contributed by atoms with Crippen molar-refractivity contribution in [2.75, 3.05) is 0 Å². The summed E-state index contributed by atoms with van der Waals surface area (Å²) in [6.45, 7) is 0. The fraction of sp³-hybridized carbons (Fsp3) is 0.467. The minimum Gasteiger partial charge on any atom is -0.388 e. The Morgan fingerprint density at radius 3 is 2.53 bits per heavy atom. The van der Waals surface area contributed by atoms with E-state index in [9.17, 15) is 5.11 Å². The molecule has 6 rings (SSSR count). The van der Waals surface area contributed by atoms with Gasteiger partial charge in [-0.2, -0.15) is 0 Å². The van der Waals surface area contributed by atoms with Crippen LogP contribution in [0.25, 0.3) is 0 Å². The highest BCUT2D eigenvalue weighted by atomic mass is 32.2. The van der Waals surface area contributed by atoms with Crippen LogP contribution in [0.2, 0.25) is 0 Å². The van der Waals surface area contributed by atoms with Gasteiger partial charge in [0, 0.05) is 4.90 Å². The van der Waals surface area contributed by atoms with E-state index in [0.29, 0.717) is 5.92 Å². The molecule has 0 aromatic heterocycles. The zero-order chi connectivity index (χ0) is 11.2. The van der Waals surface area contributed by atoms with Gasteiger partial charge in [-0.3, -0.25) is 0 Å². The smallest absolute Gasteiger partial charge is 0.0879 e. The molecule has 1 N–H and O–H groups in total. The fourth-order valence-corrected chi connectivity index (χ4v) is 6.34. The van der Waals surface area contributed by atoms with E-state index in [-0.39, 0.29) is 10.9 Å². The van der Waals surface area contributed by atoms with Crippen molar-refractivity contribution < 1.29 is 5.11 Å². The van der Waals surface area contributed by atoms with Crippen LogP contribution in [0.3, 0.4) is 0 Å². The molecule has 1 nitrogen and oxygen atoms in total. The maximum Gasteiger partial charge on any atom is 0.0879 e. The van der Waals surface area contributed by atoms with Gasteiger partial charge < -0.3 is 5.11 Å². The van der Waals surface area contributed by atoms with Crippen molar-refractivity contribution in [1.29, 1.82) is 0 Å². The number of thioether (sulfide) groups is 1. The van der Waals surface area contributed by atoms with Gasteiger partial charge in [0.15, 0.2) is 0 Å². The molecule has 1 aromatic carbocycles. The molecule has 5 aliphatic carbocycles. The molecule has 1 aromatic rings. The second-order valence-electron chi connectivity index (χ2n) is 5.88. The van der Waals surface area contributed by atoms with Crippen molar-refractivity contribution in [3.63, 3.8) is 0 Å². The molecule has 86 valence electrons. The van der Waals surface area contributed by atoms with Gasteiger partial charge in [0.25, 0.3) is 0 Å². The highest BCUT2D eigenvalue weighted by Crippen LogP contribution is 2.90. The molecule has 0 amide bonds. The first kappa shape index (κ1) is 9.23. The van der Waals surface area contributed by atoms with E-state index >= 15 is 0 Å². The SMILES string of the molecule is OC1C=CC2C3C4C3C4C12Sc1ccccc1. The van der Waals surface area contributed by atoms with Gasteiger partial charge in [-0.25, -0.2) is 0 Å². The Balaban J connectivity index is 1.57. The second kappa shape index (κ2) is 2.65. The third-order valence-electron chi connectivity index (χ3n) is 5.34. The summed E-state index contributed by atoms with van der Waals surface area (Å²) in [5.41, 5.74) is 0. The molecule has 0 aliphatic heterocycles. The Morgan fingerprint density at radius 2 is 1.76 bits per heavy atom. The lowest BCUT2D eigenvalue weighted by Gasteiger charge is -2.32. The molecule has 0 radical (unpaired) electrons. The van der Waals surface area contributed by atoms with Gasteiger partial charge in [-0.15, -0.1) is 11.8 Å². The summed E-state index contributed by atoms with van der Waals surface area (Å²) >= 11 is 1.94. The molecule has 17 heavy (non-hydrogen) atoms. The Kier molecular flexibility index (Phi) is 1.44. The molecule has 0 spiro atoms. The zero-order valence-corrected chi connectivity index (χ0v) is 10.2. The van der Waals surface area contributed by atoms with Crippen molar-refractivity contribution in [1.82, 2.24) is 0 Å². The molecule has 4 saturated carbocycles. The summed E-state index contributed by atoms with van der Waals surface area (Å²) in [6.07, 6.45) is 4.10. The number of rotatable bonds is 2. The first-order chi connectivity index (χ1) is 8.34. The maximum atomic E-state index is 10.4. The van der Waals surface area contributed by atoms with Gasteiger partial charge in [0.2, 0.25) is 0 Å². The van der Waals surface area contributed by atoms with Crippen molar-refractivity contribution in [2.45, 2.75) is 15.7 Å². The van der Waals surface area contributed by atoms with Crippen LogP contribution in [-0.4, -0.2) is 16.0 Å². The summed E-state index contributed by atoms with van der Waals surface area (Å²) in [6, 6.07) is 10.6. The molecule has 0 saturated heterocycles. The van der Waals surface area contributed by atoms with E-state index in [1.165, 1.54) is 4.90 Å². The third-order valence-corrected chi connectivity index (χ3v) is 6.99. The van der Waals surface area contributed by atoms with Gasteiger partial charge in [0.05, 0.1) is 10.9 Å². The lowest BCUT2D eigenvalue weighted by atomic mass is 9.96. The average Bonchev–Trinajstić information content (AvgIpc) is 3.15. The van der Waals surface area contributed by atoms with E-state index in [2.05, 4.69) is 36.4 Å². The topological polar surface area (TPSA) is 20.2 Å². The predicted molar refractivity (Wildman–Crippen MR) is 67.6 cm³/mol. The van der Waals surface area contributed by atoms with Crippen molar-refractivity contribution in [3.8, 4) is 0 Å². The fourth-order valence-electron chi connectivity index (χ4n) is 4.62. The van der Waals surface area contributed by atoms with Crippen LogP contribution < -0.4 is 0 Å². The van der Waals surface area contributed by atoms with Crippen LogP contribution in [0.15, 0.2) is 47.4 Å². The number of benzene rings is 1. The quantitative estimate of drug-likeness (QED) is 0.804. The molecule has 0 heterocycles. The van der Waals surface area contributed by atoms with Gasteiger partial charge in [-0.05, 0) is 41.7 Å². The second-order valence-corrected chi connectivity index (χ2v) is 7.26. The van der Waals surface area contributed by atoms with Gasteiger partial charge in [-0.1, -0.05) is 30.4 Å². The van der Waals surface area contributed by atoms with Crippen molar-refractivity contribution >= 4 is 11.8 Å². The summed E-state index contributed by atoms with van der Waals surface area (Å²) in [5.74, 6) is 4.30. The number of aliphatic hydroxyl groups is 1. The van der Waals surface area contributed by atoms with Crippen molar-refractivity contribution in [2.24, 2.45) is 29.6 Å². The lowest BCUT2D eigenvalue weighted by Crippen LogP contribution is -2.38. The normalized spacial score (nSPS) is 55.6. The molecule has 4 fully saturated rings. The average molecular weight is 242 g/mol. The summed E-state index contributed by atoms with van der Waals surface area (Å²) in [5, 5.41) is 10.4. The monoisotopic (exact) mass is 242 g/mol. The van der Waals surface area contributed by atoms with Crippen LogP contribution >= 0.6 is 11.8 Å². The molecular weight excluding hydrogens is 228 g/mol. The summed E-state index contributed by atoms with van der Waals surface area (Å²) in [7, 11) is 0. The summed E-state index contributed by atoms with van der Waals surface area (Å²) < 4.78 is 0.0986. The Bertz CT molecular complexity index is 515. The number of allylic oxidation sites excluding steroid dienone is 1. The highest BCUT2D eigenvalue weighted by Gasteiger charge is 2.90. The summed E-state index contributed by atoms with van der Waals surface area (Å²) in [4.78, 5) is 1.31. The van der Waals surface area contributed by atoms with Gasteiger partial charge in [0.1, 0.15) is 0 Å².